The van der Waals surface area contributed by atoms with Crippen LogP contribution in [0, 0.1) is 13.8 Å². The second-order valence-electron chi connectivity index (χ2n) is 5.80. The number of guanidine groups is 1. The second kappa shape index (κ2) is 12.1. The molecule has 0 bridgehead atoms. The zero-order valence-electron chi connectivity index (χ0n) is 15.6. The number of aromatic nitrogens is 2. The summed E-state index contributed by atoms with van der Waals surface area (Å²) in [5.41, 5.74) is 1.12. The molecule has 2 heterocycles. The van der Waals surface area contributed by atoms with Gasteiger partial charge in [0.05, 0.1) is 17.2 Å². The molecule has 0 radical (unpaired) electrons. The summed E-state index contributed by atoms with van der Waals surface area (Å²) in [4.78, 5) is 21.9. The Labute approximate surface area is 176 Å². The molecule has 0 amide bonds. The number of hydrogen-bond donors (Lipinski definition) is 2. The molecule has 0 aliphatic heterocycles. The van der Waals surface area contributed by atoms with Gasteiger partial charge >= 0.3 is 0 Å². The molecular formula is C18H28IN5OS. The lowest BCUT2D eigenvalue weighted by Crippen LogP contribution is -2.37. The molecule has 144 valence electrons. The highest BCUT2D eigenvalue weighted by Gasteiger charge is 2.04. The maximum absolute atomic E-state index is 11.6. The minimum Gasteiger partial charge on any atom is -0.357 e. The molecular weight excluding hydrogens is 461 g/mol. The molecule has 6 nitrogen and oxygen atoms in total. The van der Waals surface area contributed by atoms with Crippen molar-refractivity contribution >= 4 is 41.3 Å². The molecule has 0 fully saturated rings. The molecule has 0 unspecified atom stereocenters. The molecule has 8 heteroatoms. The largest absolute Gasteiger partial charge is 0.357 e. The molecule has 0 aliphatic rings. The smallest absolute Gasteiger partial charge is 0.250 e. The van der Waals surface area contributed by atoms with Crippen LogP contribution >= 0.6 is 35.3 Å². The molecule has 0 spiro atoms. The lowest BCUT2D eigenvalue weighted by atomic mass is 10.3. The lowest BCUT2D eigenvalue weighted by molar-refractivity contribution is 0.585. The van der Waals surface area contributed by atoms with Gasteiger partial charge in [-0.15, -0.1) is 35.3 Å². The third-order valence-electron chi connectivity index (χ3n) is 3.74. The summed E-state index contributed by atoms with van der Waals surface area (Å²) >= 11 is 1.70. The number of unbranched alkanes of at least 4 members (excludes halogenated alkanes) is 1. The van der Waals surface area contributed by atoms with Crippen molar-refractivity contribution in [2.75, 3.05) is 13.1 Å². The Kier molecular flexibility index (Phi) is 10.5. The Balaban J connectivity index is 0.00000338. The fourth-order valence-electron chi connectivity index (χ4n) is 2.47. The van der Waals surface area contributed by atoms with Crippen molar-refractivity contribution in [2.45, 2.75) is 46.7 Å². The fourth-order valence-corrected chi connectivity index (χ4v) is 3.33. The van der Waals surface area contributed by atoms with Crippen LogP contribution in [0.5, 0.6) is 0 Å². The van der Waals surface area contributed by atoms with Crippen molar-refractivity contribution in [2.24, 2.45) is 4.99 Å². The van der Waals surface area contributed by atoms with Crippen molar-refractivity contribution in [3.8, 4) is 0 Å². The van der Waals surface area contributed by atoms with Crippen LogP contribution in [-0.4, -0.2) is 28.6 Å². The second-order valence-corrected chi connectivity index (χ2v) is 7.09. The van der Waals surface area contributed by atoms with E-state index in [9.17, 15) is 4.79 Å². The summed E-state index contributed by atoms with van der Waals surface area (Å²) in [7, 11) is 0. The molecule has 2 rings (SSSR count). The summed E-state index contributed by atoms with van der Waals surface area (Å²) < 4.78 is 1.74. The number of aryl methyl sites for hydroxylation is 3. The van der Waals surface area contributed by atoms with E-state index in [1.165, 1.54) is 4.88 Å². The van der Waals surface area contributed by atoms with Crippen molar-refractivity contribution in [3.05, 3.63) is 50.3 Å². The Bertz CT molecular complexity index is 756. The van der Waals surface area contributed by atoms with E-state index in [4.69, 9.17) is 0 Å². The highest BCUT2D eigenvalue weighted by Crippen LogP contribution is 2.17. The third kappa shape index (κ3) is 7.45. The summed E-state index contributed by atoms with van der Waals surface area (Å²) in [6.07, 6.45) is 3.76. The van der Waals surface area contributed by atoms with Crippen LogP contribution in [0.1, 0.15) is 35.3 Å². The van der Waals surface area contributed by atoms with Crippen LogP contribution in [0.25, 0.3) is 0 Å². The van der Waals surface area contributed by atoms with Crippen LogP contribution in [0.3, 0.4) is 0 Å². The van der Waals surface area contributed by atoms with Crippen molar-refractivity contribution < 1.29 is 0 Å². The van der Waals surface area contributed by atoms with Gasteiger partial charge in [0.15, 0.2) is 5.96 Å². The average Bonchev–Trinajstić information content (AvgIpc) is 2.91. The molecule has 0 aromatic carbocycles. The summed E-state index contributed by atoms with van der Waals surface area (Å²) in [6.45, 7) is 9.15. The Hall–Kier alpha value is -1.42. The molecule has 2 N–H and O–H groups in total. The highest BCUT2D eigenvalue weighted by molar-refractivity contribution is 14.0. The number of hydrogen-bond acceptors (Lipinski definition) is 4. The van der Waals surface area contributed by atoms with Gasteiger partial charge in [0.25, 0.3) is 0 Å². The van der Waals surface area contributed by atoms with E-state index >= 15 is 0 Å². The zero-order chi connectivity index (χ0) is 18.1. The van der Waals surface area contributed by atoms with Crippen LogP contribution in [0.4, 0.5) is 0 Å². The molecule has 26 heavy (non-hydrogen) atoms. The van der Waals surface area contributed by atoms with Gasteiger partial charge in [0, 0.05) is 36.8 Å². The molecule has 0 aliphatic carbocycles. The van der Waals surface area contributed by atoms with Crippen LogP contribution < -0.4 is 16.2 Å². The maximum atomic E-state index is 11.6. The summed E-state index contributed by atoms with van der Waals surface area (Å²) in [5.74, 6) is 0.824. The topological polar surface area (TPSA) is 71.3 Å². The van der Waals surface area contributed by atoms with Crippen LogP contribution in [0.15, 0.2) is 34.2 Å². The van der Waals surface area contributed by atoms with Crippen molar-refractivity contribution in [3.63, 3.8) is 0 Å². The predicted octanol–water partition coefficient (Wildman–Crippen LogP) is 3.08. The first kappa shape index (κ1) is 22.6. The normalized spacial score (nSPS) is 11.1. The van der Waals surface area contributed by atoms with Gasteiger partial charge in [-0.3, -0.25) is 4.79 Å². The summed E-state index contributed by atoms with van der Waals surface area (Å²) in [6, 6.07) is 5.25. The maximum Gasteiger partial charge on any atom is 0.250 e. The fraction of sp³-hybridized carbons (Fsp3) is 0.500. The van der Waals surface area contributed by atoms with Crippen molar-refractivity contribution in [1.82, 2.24) is 20.2 Å². The Morgan fingerprint density at radius 3 is 2.73 bits per heavy atom. The lowest BCUT2D eigenvalue weighted by Gasteiger charge is -2.11. The Morgan fingerprint density at radius 1 is 1.27 bits per heavy atom. The van der Waals surface area contributed by atoms with E-state index in [-0.39, 0.29) is 29.5 Å². The standard InChI is InChI=1S/C18H27N5OS.HI/c1-4-19-18(21-13-16-14(2)22-15(3)25-16)20-10-6-8-12-23-11-7-5-9-17(23)24;/h5,7,9,11H,4,6,8,10,12-13H2,1-3H3,(H2,19,20,21);1H. The number of aliphatic imine (C=N–C) groups is 1. The number of thiazole rings is 1. The number of nitrogens with zero attached hydrogens (tertiary/aromatic N) is 3. The number of pyridine rings is 1. The number of rotatable bonds is 8. The first-order valence-electron chi connectivity index (χ1n) is 8.70. The van der Waals surface area contributed by atoms with Gasteiger partial charge < -0.3 is 15.2 Å². The molecule has 0 atom stereocenters. The monoisotopic (exact) mass is 489 g/mol. The number of halogens is 1. The van der Waals surface area contributed by atoms with Gasteiger partial charge in [0.1, 0.15) is 0 Å². The van der Waals surface area contributed by atoms with E-state index in [1.807, 2.05) is 26.1 Å². The zero-order valence-corrected chi connectivity index (χ0v) is 18.8. The van der Waals surface area contributed by atoms with Gasteiger partial charge in [-0.2, -0.15) is 0 Å². The van der Waals surface area contributed by atoms with E-state index < -0.39 is 0 Å². The Morgan fingerprint density at radius 2 is 2.08 bits per heavy atom. The first-order chi connectivity index (χ1) is 12.1. The quantitative estimate of drug-likeness (QED) is 0.259. The van der Waals surface area contributed by atoms with Gasteiger partial charge in [-0.05, 0) is 39.7 Å². The van der Waals surface area contributed by atoms with Gasteiger partial charge in [0.2, 0.25) is 5.56 Å². The summed E-state index contributed by atoms with van der Waals surface area (Å²) in [5, 5.41) is 7.70. The molecule has 2 aromatic heterocycles. The van der Waals surface area contributed by atoms with Crippen LogP contribution in [-0.2, 0) is 13.1 Å². The van der Waals surface area contributed by atoms with Gasteiger partial charge in [-0.25, -0.2) is 9.98 Å². The molecule has 0 saturated heterocycles. The molecule has 0 saturated carbocycles. The van der Waals surface area contributed by atoms with Crippen LogP contribution in [0.2, 0.25) is 0 Å². The first-order valence-corrected chi connectivity index (χ1v) is 9.52. The van der Waals surface area contributed by atoms with Gasteiger partial charge in [-0.1, -0.05) is 6.07 Å². The SMILES string of the molecule is CCNC(=NCc1sc(C)nc1C)NCCCCn1ccccc1=O.I. The van der Waals surface area contributed by atoms with E-state index in [0.29, 0.717) is 6.54 Å². The van der Waals surface area contributed by atoms with E-state index in [2.05, 4.69) is 27.5 Å². The van der Waals surface area contributed by atoms with E-state index in [0.717, 1.165) is 49.1 Å². The average molecular weight is 489 g/mol. The van der Waals surface area contributed by atoms with Crippen molar-refractivity contribution in [1.29, 1.82) is 0 Å². The number of nitrogens with one attached hydrogen (secondary N) is 2. The molecule has 2 aromatic rings. The minimum atomic E-state index is 0. The van der Waals surface area contributed by atoms with E-state index in [1.54, 1.807) is 28.0 Å². The minimum absolute atomic E-state index is 0. The predicted molar refractivity (Wildman–Crippen MR) is 120 cm³/mol. The third-order valence-corrected chi connectivity index (χ3v) is 4.80. The highest BCUT2D eigenvalue weighted by atomic mass is 127.